The van der Waals surface area contributed by atoms with Crippen LogP contribution in [0.5, 0.6) is 0 Å². The molecule has 1 saturated heterocycles. The Hall–Kier alpha value is -0.930. The van der Waals surface area contributed by atoms with Crippen LogP contribution in [0.15, 0.2) is 18.2 Å². The minimum absolute atomic E-state index is 0.0435. The van der Waals surface area contributed by atoms with E-state index in [0.717, 1.165) is 31.6 Å². The zero-order chi connectivity index (χ0) is 11.0. The summed E-state index contributed by atoms with van der Waals surface area (Å²) in [5.74, 6) is -0.160. The summed E-state index contributed by atoms with van der Waals surface area (Å²) in [5, 5.41) is 3.44. The second-order valence-electron chi connectivity index (χ2n) is 4.59. The third kappa shape index (κ3) is 1.74. The van der Waals surface area contributed by atoms with Crippen LogP contribution in [0.2, 0.25) is 0 Å². The highest BCUT2D eigenvalue weighted by Crippen LogP contribution is 2.33. The van der Waals surface area contributed by atoms with E-state index >= 15 is 0 Å². The van der Waals surface area contributed by atoms with Crippen LogP contribution < -0.4 is 5.32 Å². The highest BCUT2D eigenvalue weighted by molar-refractivity contribution is 5.32. The topological polar surface area (TPSA) is 21.3 Å². The highest BCUT2D eigenvalue weighted by Gasteiger charge is 2.30. The fraction of sp³-hybridized carbons (Fsp3) is 0.538. The fourth-order valence-corrected chi connectivity index (χ4v) is 2.75. The van der Waals surface area contributed by atoms with Gasteiger partial charge in [0.05, 0.1) is 12.7 Å². The summed E-state index contributed by atoms with van der Waals surface area (Å²) in [7, 11) is 0. The van der Waals surface area contributed by atoms with Crippen LogP contribution >= 0.6 is 0 Å². The molecule has 1 aromatic rings. The van der Waals surface area contributed by atoms with Gasteiger partial charge in [-0.1, -0.05) is 6.07 Å². The number of hydrogen-bond acceptors (Lipinski definition) is 2. The Morgan fingerprint density at radius 1 is 1.38 bits per heavy atom. The van der Waals surface area contributed by atoms with Gasteiger partial charge in [-0.2, -0.15) is 0 Å². The molecule has 0 spiro atoms. The lowest BCUT2D eigenvalue weighted by Gasteiger charge is -2.30. The molecule has 2 aliphatic rings. The quantitative estimate of drug-likeness (QED) is 0.785. The number of nitrogens with one attached hydrogen (secondary N) is 1. The van der Waals surface area contributed by atoms with Gasteiger partial charge in [0.15, 0.2) is 0 Å². The molecule has 1 unspecified atom stereocenters. The van der Waals surface area contributed by atoms with E-state index in [9.17, 15) is 4.39 Å². The lowest BCUT2D eigenvalue weighted by atomic mass is 9.92. The molecule has 3 heteroatoms. The molecular weight excluding hydrogens is 205 g/mol. The lowest BCUT2D eigenvalue weighted by Crippen LogP contribution is -2.33. The summed E-state index contributed by atoms with van der Waals surface area (Å²) in [6.45, 7) is 1.80. The van der Waals surface area contributed by atoms with Crippen molar-refractivity contribution in [3.63, 3.8) is 0 Å². The van der Waals surface area contributed by atoms with Gasteiger partial charge in [-0.15, -0.1) is 0 Å². The third-order valence-corrected chi connectivity index (χ3v) is 3.55. The van der Waals surface area contributed by atoms with Gasteiger partial charge in [0.1, 0.15) is 5.82 Å². The Morgan fingerprint density at radius 3 is 3.12 bits per heavy atom. The van der Waals surface area contributed by atoms with Crippen LogP contribution in [-0.2, 0) is 11.2 Å². The van der Waals surface area contributed by atoms with E-state index in [1.54, 1.807) is 12.1 Å². The molecule has 1 aromatic carbocycles. The van der Waals surface area contributed by atoms with E-state index in [1.165, 1.54) is 12.0 Å². The smallest absolute Gasteiger partial charge is 0.123 e. The number of benzene rings is 1. The monoisotopic (exact) mass is 221 g/mol. The minimum Gasteiger partial charge on any atom is -0.372 e. The van der Waals surface area contributed by atoms with E-state index in [1.807, 2.05) is 6.07 Å². The maximum atomic E-state index is 13.3. The standard InChI is InChI=1S/C13H16FNO/c14-10-4-3-9-5-7-16-13(11(9)8-10)12-2-1-6-15-12/h3-4,8,12-13,15H,1-2,5-7H2/t12?,13-/m1/s1. The van der Waals surface area contributed by atoms with Gasteiger partial charge in [0.25, 0.3) is 0 Å². The Kier molecular flexibility index (Phi) is 2.65. The molecule has 2 nitrogen and oxygen atoms in total. The van der Waals surface area contributed by atoms with Crippen molar-refractivity contribution < 1.29 is 9.13 Å². The highest BCUT2D eigenvalue weighted by atomic mass is 19.1. The largest absolute Gasteiger partial charge is 0.372 e. The van der Waals surface area contributed by atoms with Crippen LogP contribution in [-0.4, -0.2) is 19.2 Å². The molecule has 1 fully saturated rings. The first-order valence-corrected chi connectivity index (χ1v) is 5.98. The van der Waals surface area contributed by atoms with Crippen molar-refractivity contribution in [2.45, 2.75) is 31.4 Å². The first-order chi connectivity index (χ1) is 7.84. The molecule has 0 radical (unpaired) electrons. The van der Waals surface area contributed by atoms with E-state index < -0.39 is 0 Å². The van der Waals surface area contributed by atoms with Gasteiger partial charge in [-0.25, -0.2) is 4.39 Å². The maximum absolute atomic E-state index is 13.3. The zero-order valence-corrected chi connectivity index (χ0v) is 9.21. The molecule has 0 aromatic heterocycles. The molecule has 0 amide bonds. The van der Waals surface area contributed by atoms with Gasteiger partial charge in [0, 0.05) is 6.04 Å². The molecule has 86 valence electrons. The number of rotatable bonds is 1. The number of fused-ring (bicyclic) bond motifs is 1. The number of ether oxygens (including phenoxy) is 1. The summed E-state index contributed by atoms with van der Waals surface area (Å²) in [5.41, 5.74) is 2.29. The van der Waals surface area contributed by atoms with Crippen LogP contribution in [0.1, 0.15) is 30.1 Å². The SMILES string of the molecule is Fc1ccc2c(c1)[C@H](C1CCCN1)OCC2. The first kappa shape index (κ1) is 10.2. The van der Waals surface area contributed by atoms with Gasteiger partial charge >= 0.3 is 0 Å². The predicted octanol–water partition coefficient (Wildman–Crippen LogP) is 2.19. The van der Waals surface area contributed by atoms with Crippen LogP contribution in [0.25, 0.3) is 0 Å². The van der Waals surface area contributed by atoms with Gasteiger partial charge in [0.2, 0.25) is 0 Å². The molecule has 0 bridgehead atoms. The molecule has 2 heterocycles. The Morgan fingerprint density at radius 2 is 2.31 bits per heavy atom. The average molecular weight is 221 g/mol. The zero-order valence-electron chi connectivity index (χ0n) is 9.21. The van der Waals surface area contributed by atoms with Crippen LogP contribution in [0.3, 0.4) is 0 Å². The molecule has 0 saturated carbocycles. The molecule has 16 heavy (non-hydrogen) atoms. The van der Waals surface area contributed by atoms with E-state index in [4.69, 9.17) is 4.74 Å². The third-order valence-electron chi connectivity index (χ3n) is 3.55. The second kappa shape index (κ2) is 4.15. The lowest BCUT2D eigenvalue weighted by molar-refractivity contribution is 0.0197. The molecule has 2 aliphatic heterocycles. The fourth-order valence-electron chi connectivity index (χ4n) is 2.75. The molecule has 3 rings (SSSR count). The van der Waals surface area contributed by atoms with Gasteiger partial charge in [-0.05, 0) is 49.1 Å². The van der Waals surface area contributed by atoms with Gasteiger partial charge in [-0.3, -0.25) is 0 Å². The summed E-state index contributed by atoms with van der Waals surface area (Å²) < 4.78 is 19.1. The Bertz CT molecular complexity index is 388. The average Bonchev–Trinajstić information content (AvgIpc) is 2.81. The Labute approximate surface area is 94.8 Å². The van der Waals surface area contributed by atoms with E-state index in [0.29, 0.717) is 6.04 Å². The van der Waals surface area contributed by atoms with E-state index in [2.05, 4.69) is 5.32 Å². The minimum atomic E-state index is -0.160. The van der Waals surface area contributed by atoms with Crippen molar-refractivity contribution in [2.24, 2.45) is 0 Å². The number of halogens is 1. The van der Waals surface area contributed by atoms with Crippen LogP contribution in [0.4, 0.5) is 4.39 Å². The van der Waals surface area contributed by atoms with Crippen LogP contribution in [0, 0.1) is 5.82 Å². The molecule has 2 atom stereocenters. The molecular formula is C13H16FNO. The summed E-state index contributed by atoms with van der Waals surface area (Å²) in [6, 6.07) is 5.44. The summed E-state index contributed by atoms with van der Waals surface area (Å²) >= 11 is 0. The van der Waals surface area contributed by atoms with E-state index in [-0.39, 0.29) is 11.9 Å². The normalized spacial score (nSPS) is 29.1. The number of hydrogen-bond donors (Lipinski definition) is 1. The van der Waals surface area contributed by atoms with Crippen molar-refractivity contribution >= 4 is 0 Å². The Balaban J connectivity index is 1.94. The first-order valence-electron chi connectivity index (χ1n) is 5.98. The van der Waals surface area contributed by atoms with Crippen molar-refractivity contribution in [1.82, 2.24) is 5.32 Å². The van der Waals surface area contributed by atoms with Crippen molar-refractivity contribution in [2.75, 3.05) is 13.2 Å². The van der Waals surface area contributed by atoms with Crippen molar-refractivity contribution in [3.05, 3.63) is 35.1 Å². The summed E-state index contributed by atoms with van der Waals surface area (Å²) in [4.78, 5) is 0. The van der Waals surface area contributed by atoms with Crippen molar-refractivity contribution in [3.8, 4) is 0 Å². The predicted molar refractivity (Wildman–Crippen MR) is 59.8 cm³/mol. The summed E-state index contributed by atoms with van der Waals surface area (Å²) in [6.07, 6.45) is 3.26. The second-order valence-corrected chi connectivity index (χ2v) is 4.59. The van der Waals surface area contributed by atoms with Crippen molar-refractivity contribution in [1.29, 1.82) is 0 Å². The van der Waals surface area contributed by atoms with Gasteiger partial charge < -0.3 is 10.1 Å². The molecule has 1 N–H and O–H groups in total. The maximum Gasteiger partial charge on any atom is 0.123 e. The molecule has 0 aliphatic carbocycles.